The van der Waals surface area contributed by atoms with E-state index in [9.17, 15) is 9.59 Å². The van der Waals surface area contributed by atoms with E-state index < -0.39 is 17.3 Å². The molecule has 0 rings (SSSR count). The Labute approximate surface area is 143 Å². The van der Waals surface area contributed by atoms with Crippen molar-refractivity contribution < 1.29 is 19.1 Å². The third kappa shape index (κ3) is 9.91. The highest BCUT2D eigenvalue weighted by atomic mass is 16.6. The first-order valence-electron chi connectivity index (χ1n) is 8.04. The first kappa shape index (κ1) is 22.0. The molecule has 0 unspecified atom stereocenters. The van der Waals surface area contributed by atoms with E-state index in [1.165, 1.54) is 0 Å². The largest absolute Gasteiger partial charge is 0.443 e. The van der Waals surface area contributed by atoms with Gasteiger partial charge in [-0.3, -0.25) is 4.79 Å². The van der Waals surface area contributed by atoms with E-state index >= 15 is 0 Å². The zero-order chi connectivity index (χ0) is 18.6. The minimum atomic E-state index is -0.942. The Morgan fingerprint density at radius 2 is 1.83 bits per heavy atom. The van der Waals surface area contributed by atoms with Gasteiger partial charge in [0.25, 0.3) is 5.91 Å². The Morgan fingerprint density at radius 1 is 1.17 bits per heavy atom. The molecule has 0 aromatic heterocycles. The van der Waals surface area contributed by atoms with E-state index in [0.29, 0.717) is 13.0 Å². The number of hydrogen-bond acceptors (Lipinski definition) is 5. The van der Waals surface area contributed by atoms with Gasteiger partial charge in [-0.05, 0) is 39.6 Å². The molecule has 9 nitrogen and oxygen atoms in total. The molecule has 2 N–H and O–H groups in total. The molecule has 0 saturated heterocycles. The molecule has 0 saturated carbocycles. The second-order valence-electron chi connectivity index (χ2n) is 6.40. The number of azide groups is 1. The van der Waals surface area contributed by atoms with E-state index in [1.807, 2.05) is 6.92 Å². The number of nitrogens with zero attached hydrogens (tertiary/aromatic N) is 3. The van der Waals surface area contributed by atoms with Crippen molar-refractivity contribution in [3.05, 3.63) is 10.4 Å². The average Bonchev–Trinajstić information content (AvgIpc) is 2.48. The van der Waals surface area contributed by atoms with Gasteiger partial charge >= 0.3 is 6.09 Å². The summed E-state index contributed by atoms with van der Waals surface area (Å²) in [4.78, 5) is 26.2. The van der Waals surface area contributed by atoms with Crippen molar-refractivity contribution in [2.75, 3.05) is 26.2 Å². The van der Waals surface area contributed by atoms with Crippen molar-refractivity contribution in [1.82, 2.24) is 10.6 Å². The molecule has 0 aliphatic carbocycles. The van der Waals surface area contributed by atoms with Gasteiger partial charge in [0.2, 0.25) is 0 Å². The van der Waals surface area contributed by atoms with Crippen LogP contribution in [0.2, 0.25) is 0 Å². The van der Waals surface area contributed by atoms with Crippen LogP contribution >= 0.6 is 0 Å². The van der Waals surface area contributed by atoms with Gasteiger partial charge in [-0.25, -0.2) is 4.79 Å². The fourth-order valence-electron chi connectivity index (χ4n) is 1.66. The van der Waals surface area contributed by atoms with Crippen molar-refractivity contribution in [3.63, 3.8) is 0 Å². The van der Waals surface area contributed by atoms with Crippen LogP contribution in [0, 0.1) is 0 Å². The van der Waals surface area contributed by atoms with E-state index in [-0.39, 0.29) is 25.6 Å². The Balaban J connectivity index is 4.20. The van der Waals surface area contributed by atoms with Crippen LogP contribution < -0.4 is 10.6 Å². The highest BCUT2D eigenvalue weighted by molar-refractivity contribution is 5.84. The number of nitrogens with one attached hydrogen (secondary N) is 2. The Morgan fingerprint density at radius 3 is 2.42 bits per heavy atom. The minimum Gasteiger partial charge on any atom is -0.443 e. The van der Waals surface area contributed by atoms with Gasteiger partial charge in [-0.15, -0.1) is 0 Å². The highest BCUT2D eigenvalue weighted by Gasteiger charge is 2.30. The number of amides is 2. The van der Waals surface area contributed by atoms with Crippen LogP contribution in [0.4, 0.5) is 4.79 Å². The summed E-state index contributed by atoms with van der Waals surface area (Å²) in [5.41, 5.74) is 6.45. The lowest BCUT2D eigenvalue weighted by molar-refractivity contribution is -0.144. The van der Waals surface area contributed by atoms with E-state index in [0.717, 1.165) is 6.42 Å². The van der Waals surface area contributed by atoms with Crippen LogP contribution in [-0.4, -0.2) is 49.4 Å². The maximum absolute atomic E-state index is 12.0. The molecular formula is C15H29N5O4. The third-order valence-electron chi connectivity index (χ3n) is 3.16. The highest BCUT2D eigenvalue weighted by Crippen LogP contribution is 2.17. The SMILES string of the molecule is CCCNC(=O)C(C)(C)OCCC(C)(C)OC(=O)NCCN=[N+]=[N-]. The number of alkyl carbamates (subject to hydrolysis) is 1. The molecule has 0 atom stereocenters. The van der Waals surface area contributed by atoms with E-state index in [1.54, 1.807) is 27.7 Å². The predicted octanol–water partition coefficient (Wildman–Crippen LogP) is 2.51. The molecule has 0 aliphatic rings. The maximum atomic E-state index is 12.0. The van der Waals surface area contributed by atoms with Gasteiger partial charge in [0, 0.05) is 31.0 Å². The van der Waals surface area contributed by atoms with Gasteiger partial charge in [-0.2, -0.15) is 0 Å². The molecule has 0 spiro atoms. The smallest absolute Gasteiger partial charge is 0.407 e. The molecule has 0 aromatic carbocycles. The van der Waals surface area contributed by atoms with Gasteiger partial charge in [0.15, 0.2) is 0 Å². The average molecular weight is 343 g/mol. The molecule has 0 fully saturated rings. The number of rotatable bonds is 11. The second-order valence-corrected chi connectivity index (χ2v) is 6.40. The Hall–Kier alpha value is -1.99. The second kappa shape index (κ2) is 10.7. The summed E-state index contributed by atoms with van der Waals surface area (Å²) in [5, 5.41) is 8.59. The van der Waals surface area contributed by atoms with E-state index in [2.05, 4.69) is 20.7 Å². The van der Waals surface area contributed by atoms with Crippen LogP contribution in [0.1, 0.15) is 47.5 Å². The molecule has 0 aliphatic heterocycles. The Kier molecular flexibility index (Phi) is 9.83. The molecule has 0 radical (unpaired) electrons. The third-order valence-corrected chi connectivity index (χ3v) is 3.16. The van der Waals surface area contributed by atoms with Gasteiger partial charge in [-0.1, -0.05) is 12.0 Å². The minimum absolute atomic E-state index is 0.163. The van der Waals surface area contributed by atoms with Crippen LogP contribution in [0.5, 0.6) is 0 Å². The lowest BCUT2D eigenvalue weighted by atomic mass is 10.1. The Bertz CT molecular complexity index is 459. The maximum Gasteiger partial charge on any atom is 0.407 e. The summed E-state index contributed by atoms with van der Waals surface area (Å²) in [6.45, 7) is 10.1. The van der Waals surface area contributed by atoms with Crippen LogP contribution in [0.15, 0.2) is 5.11 Å². The lowest BCUT2D eigenvalue weighted by Gasteiger charge is -2.28. The summed E-state index contributed by atoms with van der Waals surface area (Å²) in [7, 11) is 0. The standard InChI is InChI=1S/C15H29N5O4/c1-6-8-17-12(21)15(4,5)23-11-7-14(2,3)24-13(22)18-9-10-19-20-16/h6-11H2,1-5H3,(H,17,21)(H,18,22). The zero-order valence-electron chi connectivity index (χ0n) is 15.2. The topological polar surface area (TPSA) is 125 Å². The van der Waals surface area contributed by atoms with E-state index in [4.69, 9.17) is 15.0 Å². The summed E-state index contributed by atoms with van der Waals surface area (Å²) in [5.74, 6) is -0.168. The molecule has 24 heavy (non-hydrogen) atoms. The van der Waals surface area contributed by atoms with Crippen LogP contribution in [-0.2, 0) is 14.3 Å². The predicted molar refractivity (Wildman–Crippen MR) is 90.5 cm³/mol. The summed E-state index contributed by atoms with van der Waals surface area (Å²) in [6.07, 6.45) is 0.701. The van der Waals surface area contributed by atoms with Crippen LogP contribution in [0.3, 0.4) is 0 Å². The lowest BCUT2D eigenvalue weighted by Crippen LogP contribution is -2.45. The van der Waals surface area contributed by atoms with Crippen molar-refractivity contribution in [2.45, 2.75) is 58.7 Å². The van der Waals surface area contributed by atoms with Crippen molar-refractivity contribution in [2.24, 2.45) is 5.11 Å². The fraction of sp³-hybridized carbons (Fsp3) is 0.867. The van der Waals surface area contributed by atoms with Crippen molar-refractivity contribution in [3.8, 4) is 0 Å². The zero-order valence-corrected chi connectivity index (χ0v) is 15.2. The number of carbonyl (C=O) groups excluding carboxylic acids is 2. The van der Waals surface area contributed by atoms with Gasteiger partial charge in [0.05, 0.1) is 6.61 Å². The number of hydrogen-bond donors (Lipinski definition) is 2. The molecule has 0 aromatic rings. The van der Waals surface area contributed by atoms with Gasteiger partial charge in [0.1, 0.15) is 11.2 Å². The number of ether oxygens (including phenoxy) is 2. The fourth-order valence-corrected chi connectivity index (χ4v) is 1.66. The monoisotopic (exact) mass is 343 g/mol. The molecule has 0 bridgehead atoms. The summed E-state index contributed by atoms with van der Waals surface area (Å²) in [6, 6.07) is 0. The van der Waals surface area contributed by atoms with Crippen molar-refractivity contribution in [1.29, 1.82) is 0 Å². The first-order chi connectivity index (χ1) is 11.1. The normalized spacial score (nSPS) is 11.4. The quantitative estimate of drug-likeness (QED) is 0.259. The van der Waals surface area contributed by atoms with Crippen molar-refractivity contribution >= 4 is 12.0 Å². The first-order valence-corrected chi connectivity index (χ1v) is 8.04. The summed E-state index contributed by atoms with van der Waals surface area (Å²) < 4.78 is 10.9. The van der Waals surface area contributed by atoms with Gasteiger partial charge < -0.3 is 20.1 Å². The molecule has 9 heteroatoms. The van der Waals surface area contributed by atoms with Crippen LogP contribution in [0.25, 0.3) is 10.4 Å². The molecule has 0 heterocycles. The molecular weight excluding hydrogens is 314 g/mol. The molecule has 138 valence electrons. The number of carbonyl (C=O) groups is 2. The summed E-state index contributed by atoms with van der Waals surface area (Å²) >= 11 is 0. The molecule has 2 amide bonds.